The molecular weight excluding hydrogens is 394 g/mol. The molecule has 0 saturated heterocycles. The normalized spacial score (nSPS) is 11.3. The molecule has 3 aromatic rings. The number of rotatable bonds is 5. The summed E-state index contributed by atoms with van der Waals surface area (Å²) in [7, 11) is 0. The van der Waals surface area contributed by atoms with Crippen LogP contribution in [0.2, 0.25) is 5.02 Å². The van der Waals surface area contributed by atoms with Gasteiger partial charge in [0.25, 0.3) is 5.56 Å². The molecule has 0 radical (unpaired) electrons. The Bertz CT molecular complexity index is 1100. The van der Waals surface area contributed by atoms with Crippen molar-refractivity contribution in [2.24, 2.45) is 0 Å². The minimum Gasteiger partial charge on any atom is -0.293 e. The predicted molar refractivity (Wildman–Crippen MR) is 103 cm³/mol. The Morgan fingerprint density at radius 2 is 1.96 bits per heavy atom. The van der Waals surface area contributed by atoms with Gasteiger partial charge in [-0.1, -0.05) is 23.4 Å². The van der Waals surface area contributed by atoms with Crippen molar-refractivity contribution in [2.45, 2.75) is 25.0 Å². The maximum absolute atomic E-state index is 13.8. The van der Waals surface area contributed by atoms with Crippen LogP contribution in [0.4, 0.5) is 8.78 Å². The van der Waals surface area contributed by atoms with Crippen LogP contribution in [-0.2, 0) is 0 Å². The molecule has 0 aliphatic heterocycles. The van der Waals surface area contributed by atoms with Gasteiger partial charge in [-0.05, 0) is 50.2 Å². The van der Waals surface area contributed by atoms with Gasteiger partial charge in [-0.15, -0.1) is 0 Å². The van der Waals surface area contributed by atoms with Crippen molar-refractivity contribution in [3.8, 4) is 0 Å². The fourth-order valence-electron chi connectivity index (χ4n) is 2.63. The zero-order chi connectivity index (χ0) is 19.7. The molecule has 4 nitrogen and oxygen atoms in total. The topological polar surface area (TPSA) is 52.0 Å². The van der Waals surface area contributed by atoms with Gasteiger partial charge < -0.3 is 0 Å². The molecule has 0 spiro atoms. The molecule has 0 N–H and O–H groups in total. The van der Waals surface area contributed by atoms with Crippen LogP contribution >= 0.6 is 23.4 Å². The van der Waals surface area contributed by atoms with Crippen LogP contribution in [0.25, 0.3) is 10.9 Å². The smallest absolute Gasteiger partial charge is 0.262 e. The molecule has 27 heavy (non-hydrogen) atoms. The zero-order valence-electron chi connectivity index (χ0n) is 14.5. The van der Waals surface area contributed by atoms with Gasteiger partial charge in [0.15, 0.2) is 10.9 Å². The highest BCUT2D eigenvalue weighted by molar-refractivity contribution is 7.99. The largest absolute Gasteiger partial charge is 0.293 e. The molecule has 0 amide bonds. The van der Waals surface area contributed by atoms with E-state index in [4.69, 9.17) is 11.6 Å². The van der Waals surface area contributed by atoms with E-state index in [1.807, 2.05) is 13.8 Å². The SMILES string of the molecule is CC(C)n1c(SCC(=O)c2cc(F)ccc2F)nc2cc(Cl)ccc2c1=O. The monoisotopic (exact) mass is 408 g/mol. The first-order valence-electron chi connectivity index (χ1n) is 8.10. The van der Waals surface area contributed by atoms with Crippen molar-refractivity contribution in [3.63, 3.8) is 0 Å². The number of Topliss-reactive ketones (excluding diaryl/α,β-unsaturated/α-hetero) is 1. The molecule has 0 fully saturated rings. The second kappa shape index (κ2) is 7.78. The van der Waals surface area contributed by atoms with E-state index in [-0.39, 0.29) is 22.9 Å². The second-order valence-electron chi connectivity index (χ2n) is 6.16. The molecule has 140 valence electrons. The van der Waals surface area contributed by atoms with Gasteiger partial charge in [0.1, 0.15) is 11.6 Å². The zero-order valence-corrected chi connectivity index (χ0v) is 16.1. The lowest BCUT2D eigenvalue weighted by Gasteiger charge is -2.16. The molecule has 0 atom stereocenters. The second-order valence-corrected chi connectivity index (χ2v) is 7.54. The third-order valence-corrected chi connectivity index (χ3v) is 5.10. The van der Waals surface area contributed by atoms with Crippen LogP contribution in [0.5, 0.6) is 0 Å². The first kappa shape index (κ1) is 19.5. The van der Waals surface area contributed by atoms with Crippen molar-refractivity contribution in [1.82, 2.24) is 9.55 Å². The Hall–Kier alpha value is -2.25. The summed E-state index contributed by atoms with van der Waals surface area (Å²) in [5.41, 5.74) is -0.167. The van der Waals surface area contributed by atoms with Crippen molar-refractivity contribution in [3.05, 3.63) is 69.0 Å². The van der Waals surface area contributed by atoms with Crippen molar-refractivity contribution >= 4 is 40.0 Å². The Morgan fingerprint density at radius 3 is 2.67 bits per heavy atom. The van der Waals surface area contributed by atoms with Crippen molar-refractivity contribution < 1.29 is 13.6 Å². The number of nitrogens with zero attached hydrogens (tertiary/aromatic N) is 2. The molecule has 3 rings (SSSR count). The number of carbonyl (C=O) groups excluding carboxylic acids is 1. The number of hydrogen-bond acceptors (Lipinski definition) is 4. The Labute approximate surface area is 163 Å². The predicted octanol–water partition coefficient (Wildman–Crippen LogP) is 4.88. The van der Waals surface area contributed by atoms with Crippen LogP contribution in [0.1, 0.15) is 30.2 Å². The van der Waals surface area contributed by atoms with Crippen LogP contribution in [-0.4, -0.2) is 21.1 Å². The molecule has 0 bridgehead atoms. The van der Waals surface area contributed by atoms with Gasteiger partial charge in [-0.3, -0.25) is 14.2 Å². The molecule has 1 aromatic heterocycles. The summed E-state index contributed by atoms with van der Waals surface area (Å²) in [6.07, 6.45) is 0. The van der Waals surface area contributed by atoms with E-state index in [2.05, 4.69) is 4.98 Å². The number of halogens is 3. The Balaban J connectivity index is 1.98. The van der Waals surface area contributed by atoms with E-state index >= 15 is 0 Å². The van der Waals surface area contributed by atoms with Crippen molar-refractivity contribution in [1.29, 1.82) is 0 Å². The molecule has 0 saturated carbocycles. The number of fused-ring (bicyclic) bond motifs is 1. The van der Waals surface area contributed by atoms with Gasteiger partial charge in [0, 0.05) is 11.1 Å². The van der Waals surface area contributed by atoms with E-state index in [1.165, 1.54) is 4.57 Å². The van der Waals surface area contributed by atoms with Crippen LogP contribution in [0, 0.1) is 11.6 Å². The quantitative estimate of drug-likeness (QED) is 0.343. The van der Waals surface area contributed by atoms with E-state index in [0.717, 1.165) is 30.0 Å². The summed E-state index contributed by atoms with van der Waals surface area (Å²) in [6, 6.07) is 7.31. The highest BCUT2D eigenvalue weighted by atomic mass is 35.5. The lowest BCUT2D eigenvalue weighted by Crippen LogP contribution is -2.25. The van der Waals surface area contributed by atoms with E-state index in [1.54, 1.807) is 18.2 Å². The van der Waals surface area contributed by atoms with Crippen molar-refractivity contribution in [2.75, 3.05) is 5.75 Å². The summed E-state index contributed by atoms with van der Waals surface area (Å²) in [6.45, 7) is 3.64. The average Bonchev–Trinajstić information content (AvgIpc) is 2.61. The van der Waals surface area contributed by atoms with Crippen LogP contribution in [0.15, 0.2) is 46.3 Å². The highest BCUT2D eigenvalue weighted by Gasteiger charge is 2.18. The molecule has 0 unspecified atom stereocenters. The van der Waals surface area contributed by atoms with E-state index in [9.17, 15) is 18.4 Å². The summed E-state index contributed by atoms with van der Waals surface area (Å²) in [5, 5.41) is 1.17. The van der Waals surface area contributed by atoms with Crippen LogP contribution in [0.3, 0.4) is 0 Å². The number of ketones is 1. The maximum Gasteiger partial charge on any atom is 0.262 e. The molecule has 2 aromatic carbocycles. The highest BCUT2D eigenvalue weighted by Crippen LogP contribution is 2.24. The average molecular weight is 409 g/mol. The number of carbonyl (C=O) groups is 1. The van der Waals surface area contributed by atoms with Gasteiger partial charge in [-0.2, -0.15) is 0 Å². The fourth-order valence-corrected chi connectivity index (χ4v) is 3.81. The van der Waals surface area contributed by atoms with E-state index < -0.39 is 17.4 Å². The minimum absolute atomic E-state index is 0.189. The Kier molecular flexibility index (Phi) is 5.62. The molecule has 0 aliphatic carbocycles. The van der Waals surface area contributed by atoms with Gasteiger partial charge in [0.05, 0.1) is 22.2 Å². The fraction of sp³-hybridized carbons (Fsp3) is 0.211. The molecule has 8 heteroatoms. The number of aromatic nitrogens is 2. The standard InChI is InChI=1S/C19H15ClF2N2O2S/c1-10(2)24-18(26)13-5-3-11(20)7-16(13)23-19(24)27-9-17(25)14-8-12(21)4-6-15(14)22/h3-8,10H,9H2,1-2H3. The summed E-state index contributed by atoms with van der Waals surface area (Å²) in [4.78, 5) is 29.5. The lowest BCUT2D eigenvalue weighted by molar-refractivity contribution is 0.101. The minimum atomic E-state index is -0.790. The summed E-state index contributed by atoms with van der Waals surface area (Å²) in [5.74, 6) is -2.26. The number of thioether (sulfide) groups is 1. The summed E-state index contributed by atoms with van der Waals surface area (Å²) < 4.78 is 28.6. The molecule has 0 aliphatic rings. The van der Waals surface area contributed by atoms with Gasteiger partial charge in [-0.25, -0.2) is 13.8 Å². The number of benzene rings is 2. The molecule has 1 heterocycles. The van der Waals surface area contributed by atoms with Gasteiger partial charge >= 0.3 is 0 Å². The summed E-state index contributed by atoms with van der Waals surface area (Å²) >= 11 is 6.98. The van der Waals surface area contributed by atoms with Gasteiger partial charge in [0.2, 0.25) is 0 Å². The lowest BCUT2D eigenvalue weighted by atomic mass is 10.1. The first-order valence-corrected chi connectivity index (χ1v) is 9.47. The third kappa shape index (κ3) is 4.04. The molecular formula is C19H15ClF2N2O2S. The Morgan fingerprint density at radius 1 is 1.22 bits per heavy atom. The first-order chi connectivity index (χ1) is 12.8. The van der Waals surface area contributed by atoms with E-state index in [0.29, 0.717) is 21.1 Å². The third-order valence-electron chi connectivity index (χ3n) is 3.91. The van der Waals surface area contributed by atoms with Crippen LogP contribution < -0.4 is 5.56 Å². The maximum atomic E-state index is 13.8. The number of hydrogen-bond donors (Lipinski definition) is 0.